The van der Waals surface area contributed by atoms with Crippen LogP contribution in [0.5, 0.6) is 0 Å². The third-order valence-electron chi connectivity index (χ3n) is 3.80. The summed E-state index contributed by atoms with van der Waals surface area (Å²) in [6, 6.07) is 4.35. The minimum absolute atomic E-state index is 0. The van der Waals surface area contributed by atoms with Crippen LogP contribution in [0, 0.1) is 0 Å². The number of nitrogens with zero attached hydrogens (tertiary/aromatic N) is 4. The van der Waals surface area contributed by atoms with Crippen LogP contribution in [0.15, 0.2) is 29.0 Å². The number of nitrogens with one attached hydrogen (secondary N) is 1. The average molecular weight is 340 g/mol. The summed E-state index contributed by atoms with van der Waals surface area (Å²) < 4.78 is 10.4. The summed E-state index contributed by atoms with van der Waals surface area (Å²) >= 11 is 0. The van der Waals surface area contributed by atoms with Gasteiger partial charge in [0, 0.05) is 51.6 Å². The molecule has 0 bridgehead atoms. The van der Waals surface area contributed by atoms with Gasteiger partial charge in [-0.25, -0.2) is 0 Å². The third-order valence-corrected chi connectivity index (χ3v) is 3.80. The molecule has 1 unspecified atom stereocenters. The van der Waals surface area contributed by atoms with Gasteiger partial charge in [-0.05, 0) is 11.6 Å². The lowest BCUT2D eigenvalue weighted by Gasteiger charge is -2.35. The van der Waals surface area contributed by atoms with Crippen LogP contribution < -0.4 is 5.32 Å². The number of pyridine rings is 1. The van der Waals surface area contributed by atoms with Crippen molar-refractivity contribution in [2.45, 2.75) is 19.0 Å². The molecule has 8 heteroatoms. The van der Waals surface area contributed by atoms with Gasteiger partial charge in [0.15, 0.2) is 5.82 Å². The minimum Gasteiger partial charge on any atom is -0.384 e. The number of methoxy groups -OCH3 is 1. The van der Waals surface area contributed by atoms with Gasteiger partial charge in [-0.3, -0.25) is 9.88 Å². The highest BCUT2D eigenvalue weighted by atomic mass is 35.5. The highest BCUT2D eigenvalue weighted by Gasteiger charge is 2.25. The first kappa shape index (κ1) is 17.8. The summed E-state index contributed by atoms with van der Waals surface area (Å²) in [4.78, 5) is 11.0. The van der Waals surface area contributed by atoms with E-state index >= 15 is 0 Å². The predicted molar refractivity (Wildman–Crippen MR) is 87.4 cm³/mol. The van der Waals surface area contributed by atoms with E-state index < -0.39 is 0 Å². The Morgan fingerprint density at radius 3 is 3.17 bits per heavy atom. The third kappa shape index (κ3) is 4.71. The van der Waals surface area contributed by atoms with Gasteiger partial charge in [0.1, 0.15) is 0 Å². The van der Waals surface area contributed by atoms with E-state index in [1.54, 1.807) is 13.3 Å². The summed E-state index contributed by atoms with van der Waals surface area (Å²) in [7, 11) is 1.67. The van der Waals surface area contributed by atoms with Crippen molar-refractivity contribution in [2.75, 3.05) is 33.4 Å². The predicted octanol–water partition coefficient (Wildman–Crippen LogP) is 1.22. The Kier molecular flexibility index (Phi) is 6.91. The zero-order chi connectivity index (χ0) is 15.2. The number of rotatable bonds is 6. The van der Waals surface area contributed by atoms with Crippen molar-refractivity contribution >= 4 is 12.4 Å². The molecule has 1 saturated heterocycles. The molecule has 0 aromatic carbocycles. The SMILES string of the molecule is COCCc1noc(CN2CCNCC2c2cccnc2)n1.Cl. The van der Waals surface area contributed by atoms with E-state index in [0.29, 0.717) is 31.3 Å². The second-order valence-electron chi connectivity index (χ2n) is 5.32. The van der Waals surface area contributed by atoms with E-state index in [1.807, 2.05) is 12.3 Å². The molecule has 3 rings (SSSR count). The molecular weight excluding hydrogens is 318 g/mol. The monoisotopic (exact) mass is 339 g/mol. The Labute approximate surface area is 141 Å². The van der Waals surface area contributed by atoms with Crippen LogP contribution in [0.3, 0.4) is 0 Å². The first-order valence-corrected chi connectivity index (χ1v) is 7.52. The van der Waals surface area contributed by atoms with Gasteiger partial charge in [-0.2, -0.15) is 4.98 Å². The fourth-order valence-electron chi connectivity index (χ4n) is 2.66. The molecule has 0 saturated carbocycles. The molecule has 126 valence electrons. The fraction of sp³-hybridized carbons (Fsp3) is 0.533. The molecule has 1 atom stereocenters. The van der Waals surface area contributed by atoms with Crippen LogP contribution in [0.4, 0.5) is 0 Å². The lowest BCUT2D eigenvalue weighted by Crippen LogP contribution is -2.45. The number of ether oxygens (including phenoxy) is 1. The van der Waals surface area contributed by atoms with Crippen molar-refractivity contribution in [1.29, 1.82) is 0 Å². The average Bonchev–Trinajstić information content (AvgIpc) is 3.02. The molecule has 0 aliphatic carbocycles. The molecule has 7 nitrogen and oxygen atoms in total. The van der Waals surface area contributed by atoms with Gasteiger partial charge in [0.2, 0.25) is 5.89 Å². The number of hydrogen-bond donors (Lipinski definition) is 1. The molecular formula is C15H22ClN5O2. The normalized spacial score (nSPS) is 18.6. The van der Waals surface area contributed by atoms with Crippen LogP contribution in [0.25, 0.3) is 0 Å². The van der Waals surface area contributed by atoms with Crippen LogP contribution in [0.1, 0.15) is 23.3 Å². The van der Waals surface area contributed by atoms with Crippen LogP contribution in [0.2, 0.25) is 0 Å². The number of halogens is 1. The topological polar surface area (TPSA) is 76.3 Å². The standard InChI is InChI=1S/C15H21N5O2.ClH/c1-21-8-4-14-18-15(22-19-14)11-20-7-6-17-10-13(20)12-3-2-5-16-9-12;/h2-3,5,9,13,17H,4,6-8,10-11H2,1H3;1H. The first-order chi connectivity index (χ1) is 10.9. The molecule has 1 aliphatic heterocycles. The number of aromatic nitrogens is 3. The van der Waals surface area contributed by atoms with E-state index in [0.717, 1.165) is 19.6 Å². The number of piperazine rings is 1. The van der Waals surface area contributed by atoms with Crippen molar-refractivity contribution in [3.8, 4) is 0 Å². The molecule has 0 radical (unpaired) electrons. The first-order valence-electron chi connectivity index (χ1n) is 7.52. The maximum Gasteiger partial charge on any atom is 0.240 e. The van der Waals surface area contributed by atoms with Crippen LogP contribution in [-0.4, -0.2) is 53.4 Å². The van der Waals surface area contributed by atoms with Crippen molar-refractivity contribution < 1.29 is 9.26 Å². The van der Waals surface area contributed by atoms with Crippen LogP contribution in [-0.2, 0) is 17.7 Å². The zero-order valence-corrected chi connectivity index (χ0v) is 14.0. The summed E-state index contributed by atoms with van der Waals surface area (Å²) in [6.07, 6.45) is 4.39. The van der Waals surface area contributed by atoms with E-state index in [4.69, 9.17) is 9.26 Å². The van der Waals surface area contributed by atoms with E-state index in [9.17, 15) is 0 Å². The quantitative estimate of drug-likeness (QED) is 0.848. The Morgan fingerprint density at radius 1 is 1.48 bits per heavy atom. The molecule has 0 amide bonds. The molecule has 1 N–H and O–H groups in total. The second kappa shape index (κ2) is 8.93. The maximum absolute atomic E-state index is 5.35. The van der Waals surface area contributed by atoms with E-state index in [2.05, 4.69) is 31.4 Å². The van der Waals surface area contributed by atoms with E-state index in [-0.39, 0.29) is 18.4 Å². The smallest absolute Gasteiger partial charge is 0.240 e. The summed E-state index contributed by atoms with van der Waals surface area (Å²) in [5.74, 6) is 1.35. The lowest BCUT2D eigenvalue weighted by atomic mass is 10.1. The molecule has 3 heterocycles. The molecule has 1 aliphatic rings. The summed E-state index contributed by atoms with van der Waals surface area (Å²) in [5.41, 5.74) is 1.20. The Bertz CT molecular complexity index is 580. The van der Waals surface area contributed by atoms with Crippen LogP contribution >= 0.6 is 12.4 Å². The Hall–Kier alpha value is -1.54. The van der Waals surface area contributed by atoms with Crippen molar-refractivity contribution in [3.05, 3.63) is 41.8 Å². The highest BCUT2D eigenvalue weighted by Crippen LogP contribution is 2.23. The lowest BCUT2D eigenvalue weighted by molar-refractivity contribution is 0.135. The largest absolute Gasteiger partial charge is 0.384 e. The molecule has 2 aromatic heterocycles. The molecule has 2 aromatic rings. The van der Waals surface area contributed by atoms with Crippen molar-refractivity contribution in [2.24, 2.45) is 0 Å². The minimum atomic E-state index is 0. The van der Waals surface area contributed by atoms with Crippen molar-refractivity contribution in [1.82, 2.24) is 25.3 Å². The van der Waals surface area contributed by atoms with Gasteiger partial charge in [0.05, 0.1) is 13.2 Å². The number of hydrogen-bond acceptors (Lipinski definition) is 7. The Balaban J connectivity index is 0.00000192. The Morgan fingerprint density at radius 2 is 2.39 bits per heavy atom. The second-order valence-corrected chi connectivity index (χ2v) is 5.32. The maximum atomic E-state index is 5.35. The van der Waals surface area contributed by atoms with Crippen molar-refractivity contribution in [3.63, 3.8) is 0 Å². The van der Waals surface area contributed by atoms with Gasteiger partial charge < -0.3 is 14.6 Å². The van der Waals surface area contributed by atoms with Gasteiger partial charge in [0.25, 0.3) is 0 Å². The van der Waals surface area contributed by atoms with Gasteiger partial charge in [-0.15, -0.1) is 12.4 Å². The summed E-state index contributed by atoms with van der Waals surface area (Å²) in [5, 5.41) is 7.43. The van der Waals surface area contributed by atoms with Gasteiger partial charge >= 0.3 is 0 Å². The summed E-state index contributed by atoms with van der Waals surface area (Å²) in [6.45, 7) is 4.05. The molecule has 1 fully saturated rings. The zero-order valence-electron chi connectivity index (χ0n) is 13.1. The molecule has 0 spiro atoms. The highest BCUT2D eigenvalue weighted by molar-refractivity contribution is 5.85. The molecule has 23 heavy (non-hydrogen) atoms. The fourth-order valence-corrected chi connectivity index (χ4v) is 2.66. The van der Waals surface area contributed by atoms with Gasteiger partial charge in [-0.1, -0.05) is 11.2 Å². The van der Waals surface area contributed by atoms with E-state index in [1.165, 1.54) is 5.56 Å².